The number of piperidine rings is 1. The fourth-order valence-electron chi connectivity index (χ4n) is 2.87. The van der Waals surface area contributed by atoms with E-state index in [0.717, 1.165) is 11.1 Å². The van der Waals surface area contributed by atoms with E-state index in [0.29, 0.717) is 19.5 Å². The van der Waals surface area contributed by atoms with Crippen molar-refractivity contribution in [2.75, 3.05) is 13.1 Å². The molecule has 0 saturated carbocycles. The molecule has 2 N–H and O–H groups in total. The second-order valence-electron chi connectivity index (χ2n) is 6.99. The minimum absolute atomic E-state index is 0.0642. The minimum atomic E-state index is -0.517. The number of benzene rings is 1. The first-order valence-corrected chi connectivity index (χ1v) is 7.67. The molecule has 1 aromatic rings. The Hall–Kier alpha value is -1.62. The van der Waals surface area contributed by atoms with Crippen LogP contribution in [0.4, 0.5) is 9.18 Å². The number of nitrogens with two attached hydrogens (primary N) is 1. The average molecular weight is 308 g/mol. The largest absolute Gasteiger partial charge is 0.444 e. The number of hydrogen-bond acceptors (Lipinski definition) is 3. The van der Waals surface area contributed by atoms with Gasteiger partial charge in [0.2, 0.25) is 0 Å². The van der Waals surface area contributed by atoms with E-state index in [1.807, 2.05) is 27.7 Å². The SMILES string of the molecule is Cc1ccc(F)cc1C1CCN(C(=O)OC(C)(C)C)CC1N. The Balaban J connectivity index is 2.07. The van der Waals surface area contributed by atoms with Crippen LogP contribution >= 0.6 is 0 Å². The molecule has 4 nitrogen and oxygen atoms in total. The lowest BCUT2D eigenvalue weighted by atomic mass is 9.83. The van der Waals surface area contributed by atoms with Crippen LogP contribution in [-0.2, 0) is 4.74 Å². The predicted octanol–water partition coefficient (Wildman–Crippen LogP) is 3.19. The molecule has 0 aromatic heterocycles. The lowest BCUT2D eigenvalue weighted by molar-refractivity contribution is 0.0186. The third kappa shape index (κ3) is 3.97. The third-order valence-corrected chi connectivity index (χ3v) is 3.95. The van der Waals surface area contributed by atoms with Crippen molar-refractivity contribution in [1.29, 1.82) is 0 Å². The fourth-order valence-corrected chi connectivity index (χ4v) is 2.87. The smallest absolute Gasteiger partial charge is 0.410 e. The van der Waals surface area contributed by atoms with Crippen molar-refractivity contribution in [2.45, 2.75) is 51.7 Å². The highest BCUT2D eigenvalue weighted by Gasteiger charge is 2.33. The van der Waals surface area contributed by atoms with Crippen LogP contribution in [-0.4, -0.2) is 35.7 Å². The molecule has 2 unspecified atom stereocenters. The first-order valence-electron chi connectivity index (χ1n) is 7.67. The number of amides is 1. The normalized spacial score (nSPS) is 22.5. The van der Waals surface area contributed by atoms with Crippen molar-refractivity contribution in [3.05, 3.63) is 35.1 Å². The summed E-state index contributed by atoms with van der Waals surface area (Å²) >= 11 is 0. The fraction of sp³-hybridized carbons (Fsp3) is 0.588. The summed E-state index contributed by atoms with van der Waals surface area (Å²) in [7, 11) is 0. The van der Waals surface area contributed by atoms with Gasteiger partial charge < -0.3 is 15.4 Å². The summed E-state index contributed by atoms with van der Waals surface area (Å²) < 4.78 is 18.9. The second kappa shape index (κ2) is 6.24. The Morgan fingerprint density at radius 1 is 1.41 bits per heavy atom. The van der Waals surface area contributed by atoms with Crippen LogP contribution in [0.3, 0.4) is 0 Å². The van der Waals surface area contributed by atoms with E-state index in [9.17, 15) is 9.18 Å². The first-order chi connectivity index (χ1) is 10.2. The first kappa shape index (κ1) is 16.7. The number of carbonyl (C=O) groups is 1. The van der Waals surface area contributed by atoms with Crippen molar-refractivity contribution < 1.29 is 13.9 Å². The Morgan fingerprint density at radius 2 is 2.09 bits per heavy atom. The molecule has 2 atom stereocenters. The number of ether oxygens (including phenoxy) is 1. The van der Waals surface area contributed by atoms with Crippen molar-refractivity contribution in [2.24, 2.45) is 5.73 Å². The summed E-state index contributed by atoms with van der Waals surface area (Å²) in [5, 5.41) is 0. The summed E-state index contributed by atoms with van der Waals surface area (Å²) in [6.45, 7) is 8.48. The van der Waals surface area contributed by atoms with Gasteiger partial charge in [-0.15, -0.1) is 0 Å². The quantitative estimate of drug-likeness (QED) is 0.867. The zero-order valence-corrected chi connectivity index (χ0v) is 13.7. The van der Waals surface area contributed by atoms with Crippen LogP contribution in [0, 0.1) is 12.7 Å². The van der Waals surface area contributed by atoms with Crippen LogP contribution in [0.2, 0.25) is 0 Å². The maximum Gasteiger partial charge on any atom is 0.410 e. The number of carbonyl (C=O) groups excluding carboxylic acids is 1. The zero-order chi connectivity index (χ0) is 16.5. The number of nitrogens with zero attached hydrogens (tertiary/aromatic N) is 1. The minimum Gasteiger partial charge on any atom is -0.444 e. The van der Waals surface area contributed by atoms with Crippen molar-refractivity contribution in [3.8, 4) is 0 Å². The maximum absolute atomic E-state index is 13.5. The topological polar surface area (TPSA) is 55.6 Å². The summed E-state index contributed by atoms with van der Waals surface area (Å²) in [6.07, 6.45) is 0.377. The van der Waals surface area contributed by atoms with Gasteiger partial charge in [0.05, 0.1) is 0 Å². The maximum atomic E-state index is 13.5. The molecule has 0 aliphatic carbocycles. The van der Waals surface area contributed by atoms with E-state index in [1.165, 1.54) is 6.07 Å². The Bertz CT molecular complexity index is 554. The molecular weight excluding hydrogens is 283 g/mol. The molecule has 0 spiro atoms. The molecule has 1 heterocycles. The van der Waals surface area contributed by atoms with Gasteiger partial charge in [-0.1, -0.05) is 6.07 Å². The van der Waals surface area contributed by atoms with Crippen molar-refractivity contribution in [1.82, 2.24) is 4.90 Å². The molecule has 0 bridgehead atoms. The summed E-state index contributed by atoms with van der Waals surface area (Å²) in [5.41, 5.74) is 7.71. The van der Waals surface area contributed by atoms with Gasteiger partial charge in [-0.2, -0.15) is 0 Å². The lowest BCUT2D eigenvalue weighted by Gasteiger charge is -2.38. The molecule has 1 fully saturated rings. The number of rotatable bonds is 1. The van der Waals surface area contributed by atoms with Gasteiger partial charge in [0.1, 0.15) is 11.4 Å². The van der Waals surface area contributed by atoms with Crippen LogP contribution in [0.5, 0.6) is 0 Å². The Morgan fingerprint density at radius 3 is 2.68 bits per heavy atom. The molecule has 0 radical (unpaired) electrons. The van der Waals surface area contributed by atoms with E-state index in [4.69, 9.17) is 10.5 Å². The molecule has 1 amide bonds. The number of hydrogen-bond donors (Lipinski definition) is 1. The van der Waals surface area contributed by atoms with E-state index in [1.54, 1.807) is 17.0 Å². The number of aryl methyl sites for hydroxylation is 1. The molecule has 22 heavy (non-hydrogen) atoms. The molecule has 1 aliphatic rings. The van der Waals surface area contributed by atoms with Gasteiger partial charge >= 0.3 is 6.09 Å². The molecule has 122 valence electrons. The predicted molar refractivity (Wildman–Crippen MR) is 84.3 cm³/mol. The summed E-state index contributed by atoms with van der Waals surface area (Å²) in [4.78, 5) is 13.8. The van der Waals surface area contributed by atoms with E-state index in [-0.39, 0.29) is 23.9 Å². The van der Waals surface area contributed by atoms with Crippen LogP contribution in [0.15, 0.2) is 18.2 Å². The highest BCUT2D eigenvalue weighted by Crippen LogP contribution is 2.30. The third-order valence-electron chi connectivity index (χ3n) is 3.95. The molecule has 1 saturated heterocycles. The lowest BCUT2D eigenvalue weighted by Crippen LogP contribution is -2.50. The summed E-state index contributed by atoms with van der Waals surface area (Å²) in [5.74, 6) is -0.184. The Kier molecular flexibility index (Phi) is 4.75. The van der Waals surface area contributed by atoms with E-state index < -0.39 is 5.60 Å². The molecule has 1 aromatic carbocycles. The highest BCUT2D eigenvalue weighted by molar-refractivity contribution is 5.68. The van der Waals surface area contributed by atoms with Gasteiger partial charge in [0.15, 0.2) is 0 Å². The molecule has 1 aliphatic heterocycles. The van der Waals surface area contributed by atoms with Crippen molar-refractivity contribution >= 4 is 6.09 Å². The average Bonchev–Trinajstić information content (AvgIpc) is 2.40. The standard InChI is InChI=1S/C17H25FN2O2/c1-11-5-6-12(18)9-14(11)13-7-8-20(10-15(13)19)16(21)22-17(2,3)4/h5-6,9,13,15H,7-8,10,19H2,1-4H3. The van der Waals surface area contributed by atoms with E-state index in [2.05, 4.69) is 0 Å². The van der Waals surface area contributed by atoms with Crippen LogP contribution in [0.25, 0.3) is 0 Å². The van der Waals surface area contributed by atoms with Crippen LogP contribution < -0.4 is 5.73 Å². The highest BCUT2D eigenvalue weighted by atomic mass is 19.1. The number of likely N-dealkylation sites (tertiary alicyclic amines) is 1. The molecule has 5 heteroatoms. The van der Waals surface area contributed by atoms with Crippen LogP contribution in [0.1, 0.15) is 44.2 Å². The Labute approximate surface area is 131 Å². The van der Waals surface area contributed by atoms with E-state index >= 15 is 0 Å². The zero-order valence-electron chi connectivity index (χ0n) is 13.7. The molecular formula is C17H25FN2O2. The van der Waals surface area contributed by atoms with Crippen molar-refractivity contribution in [3.63, 3.8) is 0 Å². The number of halogens is 1. The second-order valence-corrected chi connectivity index (χ2v) is 6.99. The monoisotopic (exact) mass is 308 g/mol. The summed E-state index contributed by atoms with van der Waals surface area (Å²) in [6, 6.07) is 4.57. The van der Waals surface area contributed by atoms with Gasteiger partial charge in [-0.3, -0.25) is 0 Å². The molecule has 2 rings (SSSR count). The van der Waals surface area contributed by atoms with Gasteiger partial charge in [0, 0.05) is 25.0 Å². The van der Waals surface area contributed by atoms with Gasteiger partial charge in [0.25, 0.3) is 0 Å². The van der Waals surface area contributed by atoms with Gasteiger partial charge in [-0.25, -0.2) is 9.18 Å². The van der Waals surface area contributed by atoms with Gasteiger partial charge in [-0.05, 0) is 57.4 Å².